The molecule has 4 nitrogen and oxygen atoms in total. The van der Waals surface area contributed by atoms with Crippen molar-refractivity contribution in [1.82, 2.24) is 4.90 Å². The molecule has 0 spiro atoms. The van der Waals surface area contributed by atoms with Crippen molar-refractivity contribution in [1.29, 1.82) is 0 Å². The van der Waals surface area contributed by atoms with Crippen LogP contribution in [0.15, 0.2) is 0 Å². The Bertz CT molecular complexity index is 229. The van der Waals surface area contributed by atoms with Crippen LogP contribution in [0, 0.1) is 0 Å². The van der Waals surface area contributed by atoms with Gasteiger partial charge in [0.25, 0.3) is 5.91 Å². The summed E-state index contributed by atoms with van der Waals surface area (Å²) in [5.74, 6) is 1.01. The third-order valence-corrected chi connectivity index (χ3v) is 3.81. The minimum Gasteiger partial charge on any atom is -0.370 e. The van der Waals surface area contributed by atoms with Crippen LogP contribution in [0.1, 0.15) is 13.8 Å². The molecule has 1 atom stereocenters. The highest BCUT2D eigenvalue weighted by Gasteiger charge is 2.32. The molecule has 2 N–H and O–H groups in total. The van der Waals surface area contributed by atoms with E-state index in [0.29, 0.717) is 0 Å². The summed E-state index contributed by atoms with van der Waals surface area (Å²) in [5, 5.41) is 0. The number of nitrogens with zero attached hydrogens (tertiary/aromatic N) is 1. The number of ether oxygens (including phenoxy) is 1. The van der Waals surface area contributed by atoms with E-state index in [1.54, 1.807) is 0 Å². The summed E-state index contributed by atoms with van der Waals surface area (Å²) in [5.41, 5.74) is 5.48. The second kappa shape index (κ2) is 5.18. The topological polar surface area (TPSA) is 55.6 Å². The Labute approximate surface area is 95.5 Å². The average Bonchev–Trinajstić information content (AvgIpc) is 2.18. The number of thioether (sulfide) groups is 1. The van der Waals surface area contributed by atoms with Crippen molar-refractivity contribution in [3.63, 3.8) is 0 Å². The summed E-state index contributed by atoms with van der Waals surface area (Å²) in [6.45, 7) is 6.13. The van der Waals surface area contributed by atoms with Gasteiger partial charge >= 0.3 is 0 Å². The zero-order valence-corrected chi connectivity index (χ0v) is 10.5. The fraction of sp³-hybridized carbons (Fsp3) is 0.900. The summed E-state index contributed by atoms with van der Waals surface area (Å²) in [6.07, 6.45) is -0.483. The van der Waals surface area contributed by atoms with Crippen LogP contribution in [-0.4, -0.2) is 54.2 Å². The molecule has 0 bridgehead atoms. The molecular weight excluding hydrogens is 212 g/mol. The maximum Gasteiger partial charge on any atom is 0.253 e. The van der Waals surface area contributed by atoms with Crippen molar-refractivity contribution >= 4 is 17.7 Å². The Morgan fingerprint density at radius 1 is 1.67 bits per heavy atom. The van der Waals surface area contributed by atoms with Gasteiger partial charge in [-0.25, -0.2) is 0 Å². The summed E-state index contributed by atoms with van der Waals surface area (Å²) in [7, 11) is 1.53. The molecule has 1 amide bonds. The molecule has 5 heteroatoms. The van der Waals surface area contributed by atoms with Crippen molar-refractivity contribution in [2.45, 2.75) is 24.7 Å². The Balaban J connectivity index is 2.59. The lowest BCUT2D eigenvalue weighted by Gasteiger charge is -2.38. The predicted octanol–water partition coefficient (Wildman–Crippen LogP) is 0.314. The molecule has 0 aliphatic carbocycles. The van der Waals surface area contributed by atoms with Gasteiger partial charge in [-0.15, -0.1) is 0 Å². The zero-order chi connectivity index (χ0) is 11.5. The van der Waals surface area contributed by atoms with E-state index in [9.17, 15) is 4.79 Å². The monoisotopic (exact) mass is 232 g/mol. The number of carbonyl (C=O) groups is 1. The second-order valence-electron chi connectivity index (χ2n) is 4.33. The number of methoxy groups -OCH3 is 1. The van der Waals surface area contributed by atoms with Crippen molar-refractivity contribution in [3.05, 3.63) is 0 Å². The fourth-order valence-electron chi connectivity index (χ4n) is 1.71. The van der Waals surface area contributed by atoms with Gasteiger partial charge in [0.15, 0.2) is 0 Å². The lowest BCUT2D eigenvalue weighted by molar-refractivity contribution is -0.141. The number of nitrogens with two attached hydrogens (primary N) is 1. The van der Waals surface area contributed by atoms with Crippen molar-refractivity contribution in [3.8, 4) is 0 Å². The molecule has 1 aliphatic heterocycles. The molecule has 0 aromatic heterocycles. The fourth-order valence-corrected chi connectivity index (χ4v) is 2.82. The van der Waals surface area contributed by atoms with Crippen LogP contribution in [0.4, 0.5) is 0 Å². The first-order valence-electron chi connectivity index (χ1n) is 5.16. The lowest BCUT2D eigenvalue weighted by Crippen LogP contribution is -2.51. The van der Waals surface area contributed by atoms with Crippen LogP contribution in [0.2, 0.25) is 0 Å². The molecule has 88 valence electrons. The van der Waals surface area contributed by atoms with Crippen LogP contribution in [0.25, 0.3) is 0 Å². The first-order chi connectivity index (χ1) is 7.00. The second-order valence-corrected chi connectivity index (χ2v) is 6.13. The summed E-state index contributed by atoms with van der Waals surface area (Å²) < 4.78 is 5.20. The first-order valence-corrected chi connectivity index (χ1v) is 6.14. The van der Waals surface area contributed by atoms with Gasteiger partial charge in [0.2, 0.25) is 0 Å². The van der Waals surface area contributed by atoms with E-state index in [-0.39, 0.29) is 17.2 Å². The van der Waals surface area contributed by atoms with Crippen LogP contribution >= 0.6 is 11.8 Å². The molecule has 1 unspecified atom stereocenters. The maximum atomic E-state index is 12.0. The molecule has 1 saturated heterocycles. The van der Waals surface area contributed by atoms with Crippen molar-refractivity contribution < 1.29 is 9.53 Å². The van der Waals surface area contributed by atoms with Crippen molar-refractivity contribution in [2.24, 2.45) is 5.73 Å². The van der Waals surface area contributed by atoms with Gasteiger partial charge in [0, 0.05) is 37.2 Å². The highest BCUT2D eigenvalue weighted by Crippen LogP contribution is 2.29. The molecule has 15 heavy (non-hydrogen) atoms. The van der Waals surface area contributed by atoms with Crippen LogP contribution < -0.4 is 5.73 Å². The lowest BCUT2D eigenvalue weighted by atomic mass is 10.1. The summed E-state index contributed by atoms with van der Waals surface area (Å²) in [6, 6.07) is 0. The Kier molecular flexibility index (Phi) is 4.43. The van der Waals surface area contributed by atoms with Gasteiger partial charge in [-0.1, -0.05) is 0 Å². The summed E-state index contributed by atoms with van der Waals surface area (Å²) in [4.78, 5) is 13.8. The van der Waals surface area contributed by atoms with Crippen LogP contribution in [0.3, 0.4) is 0 Å². The number of hydrogen-bond acceptors (Lipinski definition) is 4. The normalized spacial score (nSPS) is 22.5. The predicted molar refractivity (Wildman–Crippen MR) is 63.0 cm³/mol. The largest absolute Gasteiger partial charge is 0.370 e. The SMILES string of the molecule is COC(CN)C(=O)N1CCSC(C)(C)C1. The Hall–Kier alpha value is -0.260. The molecule has 1 aliphatic rings. The number of amides is 1. The number of hydrogen-bond donors (Lipinski definition) is 1. The molecule has 1 rings (SSSR count). The number of carbonyl (C=O) groups excluding carboxylic acids is 1. The van der Waals surface area contributed by atoms with Gasteiger partial charge in [0.1, 0.15) is 6.10 Å². The van der Waals surface area contributed by atoms with Crippen molar-refractivity contribution in [2.75, 3.05) is 32.5 Å². The van der Waals surface area contributed by atoms with Crippen LogP contribution in [0.5, 0.6) is 0 Å². The van der Waals surface area contributed by atoms with Gasteiger partial charge in [-0.2, -0.15) is 11.8 Å². The van der Waals surface area contributed by atoms with E-state index in [1.807, 2.05) is 16.7 Å². The van der Waals surface area contributed by atoms with Gasteiger partial charge in [-0.05, 0) is 13.8 Å². The minimum atomic E-state index is -0.483. The third kappa shape index (κ3) is 3.36. The molecule has 0 aromatic carbocycles. The molecule has 0 radical (unpaired) electrons. The number of rotatable bonds is 3. The maximum absolute atomic E-state index is 12.0. The highest BCUT2D eigenvalue weighted by atomic mass is 32.2. The molecule has 0 aromatic rings. The Morgan fingerprint density at radius 2 is 2.33 bits per heavy atom. The van der Waals surface area contributed by atoms with E-state index in [2.05, 4.69) is 13.8 Å². The highest BCUT2D eigenvalue weighted by molar-refractivity contribution is 8.00. The summed E-state index contributed by atoms with van der Waals surface area (Å²) >= 11 is 1.90. The molecular formula is C10H20N2O2S. The van der Waals surface area contributed by atoms with Gasteiger partial charge in [-0.3, -0.25) is 4.79 Å². The van der Waals surface area contributed by atoms with Gasteiger partial charge in [0.05, 0.1) is 0 Å². The van der Waals surface area contributed by atoms with E-state index in [0.717, 1.165) is 18.8 Å². The van der Waals surface area contributed by atoms with E-state index >= 15 is 0 Å². The average molecular weight is 232 g/mol. The molecule has 0 saturated carbocycles. The van der Waals surface area contributed by atoms with E-state index < -0.39 is 6.10 Å². The van der Waals surface area contributed by atoms with Gasteiger partial charge < -0.3 is 15.4 Å². The Morgan fingerprint density at radius 3 is 2.80 bits per heavy atom. The molecule has 1 heterocycles. The molecule has 1 fully saturated rings. The van der Waals surface area contributed by atoms with E-state index in [1.165, 1.54) is 7.11 Å². The minimum absolute atomic E-state index is 0.0216. The smallest absolute Gasteiger partial charge is 0.253 e. The third-order valence-electron chi connectivity index (χ3n) is 2.51. The zero-order valence-electron chi connectivity index (χ0n) is 9.66. The quantitative estimate of drug-likeness (QED) is 0.761. The van der Waals surface area contributed by atoms with Crippen LogP contribution in [-0.2, 0) is 9.53 Å². The first kappa shape index (κ1) is 12.8. The van der Waals surface area contributed by atoms with E-state index in [4.69, 9.17) is 10.5 Å². The standard InChI is InChI=1S/C10H20N2O2S/c1-10(2)7-12(4-5-15-10)9(13)8(6-11)14-3/h8H,4-7,11H2,1-3H3.